The molecule has 1 atom stereocenters. The van der Waals surface area contributed by atoms with Gasteiger partial charge in [-0.05, 0) is 63.6 Å². The Kier molecular flexibility index (Phi) is 9.81. The highest BCUT2D eigenvalue weighted by Gasteiger charge is 2.20. The van der Waals surface area contributed by atoms with E-state index in [9.17, 15) is 9.18 Å². The Morgan fingerprint density at radius 1 is 1.21 bits per heavy atom. The van der Waals surface area contributed by atoms with E-state index in [1.807, 2.05) is 37.3 Å². The maximum Gasteiger partial charge on any atom is 0.409 e. The van der Waals surface area contributed by atoms with Gasteiger partial charge in [0.15, 0.2) is 0 Å². The maximum absolute atomic E-state index is 13.8. The summed E-state index contributed by atoms with van der Waals surface area (Å²) in [5.41, 5.74) is 0.728. The van der Waals surface area contributed by atoms with Gasteiger partial charge in [0, 0.05) is 19.5 Å². The highest BCUT2D eigenvalue weighted by molar-refractivity contribution is 9.10. The van der Waals surface area contributed by atoms with Crippen molar-refractivity contribution in [3.8, 4) is 5.75 Å². The smallest absolute Gasteiger partial charge is 0.409 e. The van der Waals surface area contributed by atoms with Crippen molar-refractivity contribution >= 4 is 32.9 Å². The van der Waals surface area contributed by atoms with Gasteiger partial charge < -0.3 is 14.4 Å². The lowest BCUT2D eigenvalue weighted by Gasteiger charge is -2.25. The van der Waals surface area contributed by atoms with Crippen molar-refractivity contribution in [3.05, 3.63) is 64.4 Å². The minimum Gasteiger partial charge on any atom is -0.484 e. The van der Waals surface area contributed by atoms with E-state index in [4.69, 9.17) is 9.47 Å². The molecule has 1 unspecified atom stereocenters. The Labute approximate surface area is 183 Å². The molecular weight excluding hydrogens is 457 g/mol. The third-order valence-electron chi connectivity index (χ3n) is 4.34. The summed E-state index contributed by atoms with van der Waals surface area (Å²) in [7, 11) is 0.234. The van der Waals surface area contributed by atoms with Crippen LogP contribution >= 0.6 is 15.9 Å². The van der Waals surface area contributed by atoms with Crippen molar-refractivity contribution in [2.75, 3.05) is 38.0 Å². The Morgan fingerprint density at radius 3 is 2.62 bits per heavy atom. The average Bonchev–Trinajstić information content (AvgIpc) is 2.68. The fourth-order valence-corrected chi connectivity index (χ4v) is 3.53. The van der Waals surface area contributed by atoms with Crippen LogP contribution in [0.5, 0.6) is 5.75 Å². The standard InChI is InChI=1S/C22H28BrFNO3S/c1-4-25(22(26)27-14-15-29(2)3)13-12-20(17-8-7-9-18(24)16-17)28-21-11-6-5-10-19(21)23/h5-11,16,20H,4,12-15H2,1-3H3/q+1. The molecule has 0 saturated heterocycles. The maximum atomic E-state index is 13.8. The number of halogens is 2. The summed E-state index contributed by atoms with van der Waals surface area (Å²) >= 11 is 3.49. The molecule has 0 heterocycles. The Bertz CT molecular complexity index is 790. The minimum atomic E-state index is -0.400. The quantitative estimate of drug-likeness (QED) is 0.421. The summed E-state index contributed by atoms with van der Waals surface area (Å²) in [5.74, 6) is 1.22. The van der Waals surface area contributed by atoms with Gasteiger partial charge >= 0.3 is 6.09 Å². The van der Waals surface area contributed by atoms with Gasteiger partial charge in [-0.2, -0.15) is 0 Å². The Hall–Kier alpha value is -1.73. The van der Waals surface area contributed by atoms with Crippen LogP contribution in [0.25, 0.3) is 0 Å². The van der Waals surface area contributed by atoms with Gasteiger partial charge in [-0.1, -0.05) is 24.3 Å². The van der Waals surface area contributed by atoms with Crippen molar-refractivity contribution < 1.29 is 18.7 Å². The van der Waals surface area contributed by atoms with Crippen molar-refractivity contribution in [2.24, 2.45) is 0 Å². The number of benzene rings is 2. The molecule has 0 fully saturated rings. The van der Waals surface area contributed by atoms with Crippen LogP contribution in [0.1, 0.15) is 25.0 Å². The third-order valence-corrected chi connectivity index (χ3v) is 5.98. The molecule has 4 nitrogen and oxygen atoms in total. The van der Waals surface area contributed by atoms with Gasteiger partial charge in [-0.25, -0.2) is 9.18 Å². The van der Waals surface area contributed by atoms with Crippen molar-refractivity contribution in [2.45, 2.75) is 19.4 Å². The van der Waals surface area contributed by atoms with Crippen molar-refractivity contribution in [3.63, 3.8) is 0 Å². The predicted octanol–water partition coefficient (Wildman–Crippen LogP) is 5.43. The second-order valence-corrected chi connectivity index (χ2v) is 10.00. The zero-order valence-corrected chi connectivity index (χ0v) is 19.5. The van der Waals surface area contributed by atoms with E-state index < -0.39 is 6.10 Å². The lowest BCUT2D eigenvalue weighted by molar-refractivity contribution is 0.101. The molecule has 0 spiro atoms. The van der Waals surface area contributed by atoms with Crippen LogP contribution in [0.4, 0.5) is 9.18 Å². The first-order chi connectivity index (χ1) is 13.9. The monoisotopic (exact) mass is 484 g/mol. The molecule has 158 valence electrons. The number of carbonyl (C=O) groups is 1. The Morgan fingerprint density at radius 2 is 1.97 bits per heavy atom. The molecule has 7 heteroatoms. The summed E-state index contributed by atoms with van der Waals surface area (Å²) in [6.07, 6.45) is 4.03. The van der Waals surface area contributed by atoms with Gasteiger partial charge in [0.05, 0.1) is 17.0 Å². The predicted molar refractivity (Wildman–Crippen MR) is 121 cm³/mol. The first-order valence-corrected chi connectivity index (χ1v) is 12.5. The number of hydrogen-bond acceptors (Lipinski definition) is 3. The van der Waals surface area contributed by atoms with E-state index in [1.54, 1.807) is 11.0 Å². The molecule has 0 aliphatic rings. The van der Waals surface area contributed by atoms with E-state index in [0.29, 0.717) is 31.9 Å². The molecule has 0 bridgehead atoms. The van der Waals surface area contributed by atoms with Crippen LogP contribution in [0.2, 0.25) is 0 Å². The summed E-state index contributed by atoms with van der Waals surface area (Å²) in [5, 5.41) is 0. The normalized spacial score (nSPS) is 11.9. The van der Waals surface area contributed by atoms with E-state index in [-0.39, 0.29) is 22.8 Å². The topological polar surface area (TPSA) is 38.8 Å². The van der Waals surface area contributed by atoms with E-state index in [1.165, 1.54) is 12.1 Å². The van der Waals surface area contributed by atoms with E-state index in [2.05, 4.69) is 28.4 Å². The molecule has 1 amide bonds. The van der Waals surface area contributed by atoms with Crippen LogP contribution in [0.15, 0.2) is 53.0 Å². The SMILES string of the molecule is CCN(CCC(Oc1ccccc1Br)c1cccc(F)c1)C(=O)OCC[S+](C)C. The summed E-state index contributed by atoms with van der Waals surface area (Å²) in [4.78, 5) is 14.0. The van der Waals surface area contributed by atoms with Crippen LogP contribution in [0, 0.1) is 5.82 Å². The fourth-order valence-electron chi connectivity index (χ4n) is 2.73. The molecular formula is C22H28BrFNO3S+. The molecule has 29 heavy (non-hydrogen) atoms. The van der Waals surface area contributed by atoms with Crippen LogP contribution in [-0.4, -0.2) is 49.0 Å². The zero-order valence-electron chi connectivity index (χ0n) is 17.1. The largest absolute Gasteiger partial charge is 0.484 e. The molecule has 0 saturated carbocycles. The zero-order chi connectivity index (χ0) is 21.2. The molecule has 2 aromatic rings. The first kappa shape index (κ1) is 23.5. The van der Waals surface area contributed by atoms with E-state index >= 15 is 0 Å². The lowest BCUT2D eigenvalue weighted by atomic mass is 10.1. The molecule has 2 rings (SSSR count). The van der Waals surface area contributed by atoms with Crippen LogP contribution in [0.3, 0.4) is 0 Å². The van der Waals surface area contributed by atoms with Gasteiger partial charge in [-0.15, -0.1) is 0 Å². The molecule has 0 radical (unpaired) electrons. The molecule has 0 aliphatic heterocycles. The second kappa shape index (κ2) is 12.1. The van der Waals surface area contributed by atoms with Crippen LogP contribution < -0.4 is 4.74 Å². The summed E-state index contributed by atoms with van der Waals surface area (Å²) < 4.78 is 26.2. The second-order valence-electron chi connectivity index (χ2n) is 6.76. The Balaban J connectivity index is 2.08. The van der Waals surface area contributed by atoms with Gasteiger partial charge in [0.1, 0.15) is 30.0 Å². The number of rotatable bonds is 10. The first-order valence-electron chi connectivity index (χ1n) is 9.53. The highest BCUT2D eigenvalue weighted by atomic mass is 79.9. The number of nitrogens with zero attached hydrogens (tertiary/aromatic N) is 1. The van der Waals surface area contributed by atoms with E-state index in [0.717, 1.165) is 15.8 Å². The fraction of sp³-hybridized carbons (Fsp3) is 0.409. The number of amides is 1. The number of ether oxygens (including phenoxy) is 2. The molecule has 0 aliphatic carbocycles. The summed E-state index contributed by atoms with van der Waals surface area (Å²) in [6, 6.07) is 13.9. The molecule has 0 N–H and O–H groups in total. The van der Waals surface area contributed by atoms with Gasteiger partial charge in [0.25, 0.3) is 0 Å². The summed E-state index contributed by atoms with van der Waals surface area (Å²) in [6.45, 7) is 3.32. The molecule has 2 aromatic carbocycles. The lowest BCUT2D eigenvalue weighted by Crippen LogP contribution is -2.34. The van der Waals surface area contributed by atoms with Crippen molar-refractivity contribution in [1.29, 1.82) is 0 Å². The number of carbonyl (C=O) groups excluding carboxylic acids is 1. The van der Waals surface area contributed by atoms with Gasteiger partial charge in [-0.3, -0.25) is 0 Å². The number of para-hydroxylation sites is 1. The minimum absolute atomic E-state index is 0.234. The average molecular weight is 485 g/mol. The highest BCUT2D eigenvalue weighted by Crippen LogP contribution is 2.31. The third kappa shape index (κ3) is 7.90. The van der Waals surface area contributed by atoms with Crippen LogP contribution in [-0.2, 0) is 15.6 Å². The van der Waals surface area contributed by atoms with Gasteiger partial charge in [0.2, 0.25) is 0 Å². The number of hydrogen-bond donors (Lipinski definition) is 0. The molecule has 0 aromatic heterocycles. The van der Waals surface area contributed by atoms with Crippen molar-refractivity contribution in [1.82, 2.24) is 4.90 Å².